The maximum Gasteiger partial charge on any atom is 0.275 e. The lowest BCUT2D eigenvalue weighted by Crippen LogP contribution is -2.25. The second-order valence-corrected chi connectivity index (χ2v) is 7.02. The SMILES string of the molecule is Cc1ccc(CNC(=O)c2nnn(CC(=O)Nc3cc(C)ccc3C)c2N)cc1. The van der Waals surface area contributed by atoms with E-state index in [0.717, 1.165) is 27.9 Å². The fourth-order valence-electron chi connectivity index (χ4n) is 2.77. The van der Waals surface area contributed by atoms with E-state index in [1.807, 2.05) is 63.2 Å². The topological polar surface area (TPSA) is 115 Å². The Bertz CT molecular complexity index is 1040. The summed E-state index contributed by atoms with van der Waals surface area (Å²) in [6.07, 6.45) is 0. The highest BCUT2D eigenvalue weighted by Crippen LogP contribution is 2.16. The van der Waals surface area contributed by atoms with Crippen LogP contribution in [0.4, 0.5) is 11.5 Å². The number of carbonyl (C=O) groups is 2. The average Bonchev–Trinajstić information content (AvgIpc) is 3.04. The smallest absolute Gasteiger partial charge is 0.275 e. The minimum Gasteiger partial charge on any atom is -0.382 e. The van der Waals surface area contributed by atoms with Gasteiger partial charge in [-0.25, -0.2) is 4.68 Å². The van der Waals surface area contributed by atoms with E-state index in [9.17, 15) is 9.59 Å². The van der Waals surface area contributed by atoms with Gasteiger partial charge < -0.3 is 16.4 Å². The molecule has 1 heterocycles. The fourth-order valence-corrected chi connectivity index (χ4v) is 2.77. The molecule has 8 heteroatoms. The third kappa shape index (κ3) is 4.98. The number of hydrogen-bond donors (Lipinski definition) is 3. The van der Waals surface area contributed by atoms with E-state index in [-0.39, 0.29) is 24.0 Å². The van der Waals surface area contributed by atoms with Crippen LogP contribution < -0.4 is 16.4 Å². The minimum atomic E-state index is -0.440. The number of nitrogen functional groups attached to an aromatic ring is 1. The first kappa shape index (κ1) is 20.1. The van der Waals surface area contributed by atoms with Crippen molar-refractivity contribution >= 4 is 23.3 Å². The van der Waals surface area contributed by atoms with Crippen LogP contribution in [0.2, 0.25) is 0 Å². The Kier molecular flexibility index (Phi) is 5.92. The number of aryl methyl sites for hydroxylation is 3. The van der Waals surface area contributed by atoms with Gasteiger partial charge in [0.25, 0.3) is 5.91 Å². The molecule has 0 aliphatic carbocycles. The first-order valence-corrected chi connectivity index (χ1v) is 9.23. The molecule has 0 atom stereocenters. The molecule has 0 aliphatic rings. The van der Waals surface area contributed by atoms with Crippen molar-refractivity contribution in [3.63, 3.8) is 0 Å². The molecule has 0 bridgehead atoms. The van der Waals surface area contributed by atoms with Crippen LogP contribution in [0.3, 0.4) is 0 Å². The van der Waals surface area contributed by atoms with Gasteiger partial charge in [-0.3, -0.25) is 9.59 Å². The molecule has 0 unspecified atom stereocenters. The number of anilines is 2. The second kappa shape index (κ2) is 8.55. The number of amides is 2. The minimum absolute atomic E-state index is 0.00310. The lowest BCUT2D eigenvalue weighted by molar-refractivity contribution is -0.116. The van der Waals surface area contributed by atoms with E-state index in [1.54, 1.807) is 0 Å². The highest BCUT2D eigenvalue weighted by Gasteiger charge is 2.19. The standard InChI is InChI=1S/C21H24N6O2/c1-13-5-8-16(9-6-13)11-23-21(29)19-20(22)27(26-25-19)12-18(28)24-17-10-14(2)4-7-15(17)3/h4-10H,11-12,22H2,1-3H3,(H,23,29)(H,24,28). The molecule has 8 nitrogen and oxygen atoms in total. The van der Waals surface area contributed by atoms with E-state index in [2.05, 4.69) is 20.9 Å². The zero-order valence-electron chi connectivity index (χ0n) is 16.7. The third-order valence-electron chi connectivity index (χ3n) is 4.52. The summed E-state index contributed by atoms with van der Waals surface area (Å²) >= 11 is 0. The van der Waals surface area contributed by atoms with Crippen LogP contribution in [0.15, 0.2) is 42.5 Å². The average molecular weight is 392 g/mol. The molecule has 0 spiro atoms. The number of carbonyl (C=O) groups excluding carboxylic acids is 2. The van der Waals surface area contributed by atoms with Gasteiger partial charge in [-0.15, -0.1) is 5.10 Å². The third-order valence-corrected chi connectivity index (χ3v) is 4.52. The number of nitrogens with two attached hydrogens (primary N) is 1. The summed E-state index contributed by atoms with van der Waals surface area (Å²) < 4.78 is 1.21. The number of nitrogens with zero attached hydrogens (tertiary/aromatic N) is 3. The first-order valence-electron chi connectivity index (χ1n) is 9.23. The number of rotatable bonds is 6. The van der Waals surface area contributed by atoms with Crippen molar-refractivity contribution < 1.29 is 9.59 Å². The van der Waals surface area contributed by atoms with Crippen molar-refractivity contribution in [3.8, 4) is 0 Å². The van der Waals surface area contributed by atoms with Gasteiger partial charge in [0.2, 0.25) is 5.91 Å². The molecule has 4 N–H and O–H groups in total. The lowest BCUT2D eigenvalue weighted by Gasteiger charge is -2.10. The molecule has 3 rings (SSSR count). The highest BCUT2D eigenvalue weighted by molar-refractivity contribution is 5.97. The molecule has 0 aliphatic heterocycles. The Hall–Kier alpha value is -3.68. The molecule has 0 fully saturated rings. The zero-order chi connectivity index (χ0) is 21.0. The van der Waals surface area contributed by atoms with Gasteiger partial charge in [-0.1, -0.05) is 47.2 Å². The van der Waals surface area contributed by atoms with Crippen LogP contribution in [0.1, 0.15) is 32.7 Å². The summed E-state index contributed by atoms with van der Waals surface area (Å²) in [6.45, 7) is 6.06. The molecule has 2 aromatic carbocycles. The monoisotopic (exact) mass is 392 g/mol. The number of hydrogen-bond acceptors (Lipinski definition) is 5. The zero-order valence-corrected chi connectivity index (χ0v) is 16.7. The van der Waals surface area contributed by atoms with E-state index in [0.29, 0.717) is 6.54 Å². The molecule has 0 radical (unpaired) electrons. The van der Waals surface area contributed by atoms with Crippen LogP contribution in [-0.2, 0) is 17.9 Å². The van der Waals surface area contributed by atoms with Gasteiger partial charge in [0.15, 0.2) is 11.5 Å². The van der Waals surface area contributed by atoms with Gasteiger partial charge >= 0.3 is 0 Å². The molecular formula is C21H24N6O2. The number of nitrogens with one attached hydrogen (secondary N) is 2. The van der Waals surface area contributed by atoms with Crippen molar-refractivity contribution in [3.05, 3.63) is 70.4 Å². The first-order chi connectivity index (χ1) is 13.8. The molecule has 0 saturated carbocycles. The van der Waals surface area contributed by atoms with Crippen molar-refractivity contribution in [2.75, 3.05) is 11.1 Å². The summed E-state index contributed by atoms with van der Waals surface area (Å²) in [5.74, 6) is -0.700. The van der Waals surface area contributed by atoms with E-state index < -0.39 is 5.91 Å². The van der Waals surface area contributed by atoms with E-state index in [4.69, 9.17) is 5.73 Å². The molecule has 2 amide bonds. The van der Waals surface area contributed by atoms with Crippen LogP contribution >= 0.6 is 0 Å². The van der Waals surface area contributed by atoms with E-state index >= 15 is 0 Å². The normalized spacial score (nSPS) is 10.6. The van der Waals surface area contributed by atoms with Crippen molar-refractivity contribution in [1.29, 1.82) is 0 Å². The number of benzene rings is 2. The van der Waals surface area contributed by atoms with Gasteiger partial charge in [-0.05, 0) is 43.5 Å². The summed E-state index contributed by atoms with van der Waals surface area (Å²) in [5.41, 5.74) is 10.8. The maximum atomic E-state index is 12.4. The molecule has 29 heavy (non-hydrogen) atoms. The molecule has 150 valence electrons. The lowest BCUT2D eigenvalue weighted by atomic mass is 10.1. The second-order valence-electron chi connectivity index (χ2n) is 7.02. The Morgan fingerprint density at radius 3 is 2.45 bits per heavy atom. The van der Waals surface area contributed by atoms with Crippen molar-refractivity contribution in [1.82, 2.24) is 20.3 Å². The van der Waals surface area contributed by atoms with Gasteiger partial charge in [-0.2, -0.15) is 0 Å². The van der Waals surface area contributed by atoms with Crippen LogP contribution in [0.25, 0.3) is 0 Å². The molecular weight excluding hydrogens is 368 g/mol. The van der Waals surface area contributed by atoms with Crippen LogP contribution in [0.5, 0.6) is 0 Å². The van der Waals surface area contributed by atoms with E-state index in [1.165, 1.54) is 4.68 Å². The maximum absolute atomic E-state index is 12.4. The predicted molar refractivity (Wildman–Crippen MR) is 111 cm³/mol. The Balaban J connectivity index is 1.62. The largest absolute Gasteiger partial charge is 0.382 e. The summed E-state index contributed by atoms with van der Waals surface area (Å²) in [7, 11) is 0. The summed E-state index contributed by atoms with van der Waals surface area (Å²) in [4.78, 5) is 24.7. The Labute approximate surface area is 169 Å². The summed E-state index contributed by atoms with van der Waals surface area (Å²) in [5, 5.41) is 13.3. The predicted octanol–water partition coefficient (Wildman–Crippen LogP) is 2.35. The Morgan fingerprint density at radius 1 is 1.03 bits per heavy atom. The molecule has 0 saturated heterocycles. The molecule has 3 aromatic rings. The molecule has 1 aromatic heterocycles. The van der Waals surface area contributed by atoms with Crippen LogP contribution in [0, 0.1) is 20.8 Å². The Morgan fingerprint density at radius 2 is 1.72 bits per heavy atom. The fraction of sp³-hybridized carbons (Fsp3) is 0.238. The van der Waals surface area contributed by atoms with Crippen molar-refractivity contribution in [2.24, 2.45) is 0 Å². The van der Waals surface area contributed by atoms with Crippen LogP contribution in [-0.4, -0.2) is 26.8 Å². The van der Waals surface area contributed by atoms with Gasteiger partial charge in [0.05, 0.1) is 0 Å². The highest BCUT2D eigenvalue weighted by atomic mass is 16.2. The van der Waals surface area contributed by atoms with Gasteiger partial charge in [0, 0.05) is 12.2 Å². The summed E-state index contributed by atoms with van der Waals surface area (Å²) in [6, 6.07) is 13.6. The van der Waals surface area contributed by atoms with Crippen molar-refractivity contribution in [2.45, 2.75) is 33.9 Å². The number of aromatic nitrogens is 3. The quantitative estimate of drug-likeness (QED) is 0.596. The van der Waals surface area contributed by atoms with Gasteiger partial charge in [0.1, 0.15) is 6.54 Å².